The molecule has 0 unspecified atom stereocenters. The minimum absolute atomic E-state index is 0.00313. The highest BCUT2D eigenvalue weighted by molar-refractivity contribution is 6.03. The zero-order chi connectivity index (χ0) is 20.5. The van der Waals surface area contributed by atoms with Gasteiger partial charge in [0.25, 0.3) is 0 Å². The number of carbonyl (C=O) groups excluding carboxylic acids is 2. The number of nitrogens with one attached hydrogen (secondary N) is 3. The van der Waals surface area contributed by atoms with Crippen molar-refractivity contribution in [3.8, 4) is 11.5 Å². The molecule has 3 heterocycles. The summed E-state index contributed by atoms with van der Waals surface area (Å²) >= 11 is 0. The number of aryl methyl sites for hydroxylation is 1. The highest BCUT2D eigenvalue weighted by atomic mass is 16.7. The van der Waals surface area contributed by atoms with E-state index >= 15 is 0 Å². The normalized spacial score (nSPS) is 20.7. The smallest absolute Gasteiger partial charge is 0.233 e. The van der Waals surface area contributed by atoms with Gasteiger partial charge in [0.2, 0.25) is 12.6 Å². The van der Waals surface area contributed by atoms with Crippen molar-refractivity contribution < 1.29 is 28.9 Å². The third-order valence-corrected chi connectivity index (χ3v) is 6.03. The second-order valence-electron chi connectivity index (χ2n) is 8.15. The van der Waals surface area contributed by atoms with E-state index in [0.717, 1.165) is 55.5 Å². The number of quaternary nitrogens is 2. The number of fused-ring (bicyclic) bond motifs is 1. The first-order chi connectivity index (χ1) is 13.9. The standard InChI is InChI=1S/C22H27N3O4/c1-14-21(16(3)26)15(2)23-22(14)18(27)12-25-8-6-24(7-9-25)11-17-4-5-19-20(10-17)29-13-28-19/h4-5,10,23H,6-9,11-13H2,1-3H3/p+2. The molecule has 1 saturated heterocycles. The van der Waals surface area contributed by atoms with Crippen molar-refractivity contribution >= 4 is 11.6 Å². The van der Waals surface area contributed by atoms with Crippen molar-refractivity contribution in [2.24, 2.45) is 0 Å². The molecular weight excluding hydrogens is 370 g/mol. The number of carbonyl (C=O) groups is 2. The number of ether oxygens (including phenoxy) is 2. The molecule has 0 atom stereocenters. The number of aromatic amines is 1. The van der Waals surface area contributed by atoms with Gasteiger partial charge in [0.15, 0.2) is 17.3 Å². The number of Topliss-reactive ketones (excluding diaryl/α,β-unsaturated/α-hetero) is 2. The summed E-state index contributed by atoms with van der Waals surface area (Å²) in [5.74, 6) is 1.74. The van der Waals surface area contributed by atoms with Crippen LogP contribution in [0.25, 0.3) is 0 Å². The molecule has 0 amide bonds. The summed E-state index contributed by atoms with van der Waals surface area (Å²) in [6, 6.07) is 6.15. The molecule has 1 aromatic carbocycles. The van der Waals surface area contributed by atoms with E-state index in [-0.39, 0.29) is 11.6 Å². The molecule has 1 aromatic heterocycles. The highest BCUT2D eigenvalue weighted by Gasteiger charge is 2.28. The minimum atomic E-state index is 0.00313. The third-order valence-electron chi connectivity index (χ3n) is 6.03. The summed E-state index contributed by atoms with van der Waals surface area (Å²) in [5, 5.41) is 0. The van der Waals surface area contributed by atoms with E-state index in [1.54, 1.807) is 6.92 Å². The predicted octanol–water partition coefficient (Wildman–Crippen LogP) is -0.271. The van der Waals surface area contributed by atoms with Crippen LogP contribution in [-0.4, -0.2) is 56.1 Å². The molecule has 2 aliphatic heterocycles. The molecule has 3 N–H and O–H groups in total. The molecule has 0 aliphatic carbocycles. The maximum Gasteiger partial charge on any atom is 0.233 e. The minimum Gasteiger partial charge on any atom is -0.454 e. The average molecular weight is 399 g/mol. The molecule has 0 bridgehead atoms. The van der Waals surface area contributed by atoms with Crippen molar-refractivity contribution in [2.45, 2.75) is 27.3 Å². The van der Waals surface area contributed by atoms with E-state index in [1.165, 1.54) is 15.4 Å². The molecule has 2 aromatic rings. The Balaban J connectivity index is 1.31. The number of benzene rings is 1. The monoisotopic (exact) mass is 399 g/mol. The van der Waals surface area contributed by atoms with Crippen LogP contribution in [0, 0.1) is 13.8 Å². The number of H-pyrrole nitrogens is 1. The molecule has 0 radical (unpaired) electrons. The number of ketones is 2. The molecule has 7 heteroatoms. The lowest BCUT2D eigenvalue weighted by atomic mass is 10.1. The Bertz CT molecular complexity index is 942. The van der Waals surface area contributed by atoms with Crippen molar-refractivity contribution in [2.75, 3.05) is 39.5 Å². The van der Waals surface area contributed by atoms with Crippen LogP contribution in [0.3, 0.4) is 0 Å². The first-order valence-electron chi connectivity index (χ1n) is 10.2. The Labute approximate surface area is 170 Å². The maximum absolute atomic E-state index is 12.8. The van der Waals surface area contributed by atoms with Crippen molar-refractivity contribution in [1.82, 2.24) is 4.98 Å². The van der Waals surface area contributed by atoms with Gasteiger partial charge in [-0.05, 0) is 44.5 Å². The van der Waals surface area contributed by atoms with Gasteiger partial charge in [0, 0.05) is 16.8 Å². The van der Waals surface area contributed by atoms with Gasteiger partial charge < -0.3 is 24.3 Å². The fourth-order valence-electron chi connectivity index (χ4n) is 4.52. The lowest BCUT2D eigenvalue weighted by Crippen LogP contribution is -3.27. The van der Waals surface area contributed by atoms with E-state index in [4.69, 9.17) is 9.47 Å². The lowest BCUT2D eigenvalue weighted by molar-refractivity contribution is -1.01. The van der Waals surface area contributed by atoms with Gasteiger partial charge in [-0.1, -0.05) is 0 Å². The van der Waals surface area contributed by atoms with Gasteiger partial charge in [-0.2, -0.15) is 0 Å². The number of hydrogen-bond donors (Lipinski definition) is 3. The van der Waals surface area contributed by atoms with Crippen LogP contribution in [0.15, 0.2) is 18.2 Å². The largest absolute Gasteiger partial charge is 0.454 e. The van der Waals surface area contributed by atoms with Gasteiger partial charge >= 0.3 is 0 Å². The van der Waals surface area contributed by atoms with Crippen LogP contribution in [0.5, 0.6) is 11.5 Å². The Kier molecular flexibility index (Phi) is 5.43. The van der Waals surface area contributed by atoms with Crippen molar-refractivity contribution in [3.05, 3.63) is 46.3 Å². The Morgan fingerprint density at radius 2 is 1.72 bits per heavy atom. The topological polar surface area (TPSA) is 77.3 Å². The molecular formula is C22H29N3O4+2. The average Bonchev–Trinajstić information content (AvgIpc) is 3.26. The molecule has 1 fully saturated rings. The van der Waals surface area contributed by atoms with Crippen LogP contribution in [0.2, 0.25) is 0 Å². The number of rotatable bonds is 6. The molecule has 154 valence electrons. The molecule has 0 saturated carbocycles. The van der Waals surface area contributed by atoms with Gasteiger partial charge in [0.05, 0.1) is 5.69 Å². The third kappa shape index (κ3) is 4.06. The maximum atomic E-state index is 12.8. The van der Waals surface area contributed by atoms with Crippen LogP contribution >= 0.6 is 0 Å². The number of piperazine rings is 1. The first kappa shape index (κ1) is 19.7. The second kappa shape index (κ2) is 8.00. The zero-order valence-corrected chi connectivity index (χ0v) is 17.3. The fourth-order valence-corrected chi connectivity index (χ4v) is 4.52. The summed E-state index contributed by atoms with van der Waals surface area (Å²) in [4.78, 5) is 30.6. The van der Waals surface area contributed by atoms with E-state index in [0.29, 0.717) is 24.6 Å². The molecule has 4 rings (SSSR count). The first-order valence-corrected chi connectivity index (χ1v) is 10.2. The lowest BCUT2D eigenvalue weighted by Gasteiger charge is -2.29. The summed E-state index contributed by atoms with van der Waals surface area (Å²) in [6.45, 7) is 11.0. The Morgan fingerprint density at radius 1 is 1.03 bits per heavy atom. The Morgan fingerprint density at radius 3 is 2.41 bits per heavy atom. The molecule has 2 aliphatic rings. The predicted molar refractivity (Wildman–Crippen MR) is 107 cm³/mol. The van der Waals surface area contributed by atoms with Crippen LogP contribution in [0.4, 0.5) is 0 Å². The van der Waals surface area contributed by atoms with Crippen molar-refractivity contribution in [1.29, 1.82) is 0 Å². The quantitative estimate of drug-likeness (QED) is 0.585. The van der Waals surface area contributed by atoms with Crippen LogP contribution in [-0.2, 0) is 6.54 Å². The molecule has 29 heavy (non-hydrogen) atoms. The van der Waals surface area contributed by atoms with E-state index in [9.17, 15) is 9.59 Å². The SMILES string of the molecule is CC(=O)c1c(C)[nH]c(C(=O)C[NH+]2CC[NH+](Cc3ccc4c(c3)OCO4)CC2)c1C. The van der Waals surface area contributed by atoms with Gasteiger partial charge in [-0.15, -0.1) is 0 Å². The van der Waals surface area contributed by atoms with E-state index < -0.39 is 0 Å². The van der Waals surface area contributed by atoms with Crippen molar-refractivity contribution in [3.63, 3.8) is 0 Å². The summed E-state index contributed by atoms with van der Waals surface area (Å²) < 4.78 is 10.8. The molecule has 7 nitrogen and oxygen atoms in total. The van der Waals surface area contributed by atoms with Crippen LogP contribution in [0.1, 0.15) is 44.6 Å². The van der Waals surface area contributed by atoms with Crippen LogP contribution < -0.4 is 19.3 Å². The summed E-state index contributed by atoms with van der Waals surface area (Å²) in [6.07, 6.45) is 0. The van der Waals surface area contributed by atoms with Gasteiger partial charge in [0.1, 0.15) is 39.3 Å². The van der Waals surface area contributed by atoms with Gasteiger partial charge in [-0.3, -0.25) is 9.59 Å². The summed E-state index contributed by atoms with van der Waals surface area (Å²) in [5.41, 5.74) is 4.06. The highest BCUT2D eigenvalue weighted by Crippen LogP contribution is 2.32. The fraction of sp³-hybridized carbons (Fsp3) is 0.455. The van der Waals surface area contributed by atoms with Gasteiger partial charge in [-0.25, -0.2) is 0 Å². The molecule has 0 spiro atoms. The number of hydrogen-bond acceptors (Lipinski definition) is 4. The Hall–Kier alpha value is -2.64. The number of aromatic nitrogens is 1. The zero-order valence-electron chi connectivity index (χ0n) is 17.3. The second-order valence-corrected chi connectivity index (χ2v) is 8.15. The van der Waals surface area contributed by atoms with E-state index in [1.807, 2.05) is 19.9 Å². The summed E-state index contributed by atoms with van der Waals surface area (Å²) in [7, 11) is 0. The van der Waals surface area contributed by atoms with E-state index in [2.05, 4.69) is 17.1 Å².